The smallest absolute Gasteiger partial charge is 0.0193 e. The van der Waals surface area contributed by atoms with Crippen molar-refractivity contribution in [2.24, 2.45) is 5.92 Å². The van der Waals surface area contributed by atoms with E-state index in [0.717, 1.165) is 18.0 Å². The van der Waals surface area contributed by atoms with E-state index in [9.17, 15) is 0 Å². The number of piperazine rings is 1. The maximum Gasteiger partial charge on any atom is 0.0193 e. The van der Waals surface area contributed by atoms with Gasteiger partial charge in [-0.1, -0.05) is 33.1 Å². The average Bonchev–Trinajstić information content (AvgIpc) is 2.39. The molecule has 1 N–H and O–H groups in total. The predicted molar refractivity (Wildman–Crippen MR) is 69.7 cm³/mol. The molecule has 1 aliphatic carbocycles. The van der Waals surface area contributed by atoms with Crippen molar-refractivity contribution in [3.63, 3.8) is 0 Å². The second-order valence-electron chi connectivity index (χ2n) is 5.65. The van der Waals surface area contributed by atoms with Crippen LogP contribution in [0, 0.1) is 5.92 Å². The molecule has 0 aromatic rings. The van der Waals surface area contributed by atoms with Crippen LogP contribution < -0.4 is 5.32 Å². The first-order valence-electron chi connectivity index (χ1n) is 7.30. The minimum Gasteiger partial charge on any atom is -0.311 e. The Hall–Kier alpha value is -0.0800. The molecule has 2 rings (SSSR count). The van der Waals surface area contributed by atoms with Crippen molar-refractivity contribution in [3.8, 4) is 0 Å². The Morgan fingerprint density at radius 2 is 2.06 bits per heavy atom. The second-order valence-corrected chi connectivity index (χ2v) is 5.65. The Labute approximate surface area is 101 Å². The van der Waals surface area contributed by atoms with Crippen LogP contribution in [-0.2, 0) is 0 Å². The predicted octanol–water partition coefficient (Wildman–Crippen LogP) is 2.64. The van der Waals surface area contributed by atoms with Crippen LogP contribution in [0.4, 0.5) is 0 Å². The summed E-state index contributed by atoms with van der Waals surface area (Å²) in [7, 11) is 0. The van der Waals surface area contributed by atoms with E-state index in [-0.39, 0.29) is 0 Å². The molecule has 1 aliphatic heterocycles. The van der Waals surface area contributed by atoms with Gasteiger partial charge in [0, 0.05) is 31.7 Å². The maximum absolute atomic E-state index is 3.62. The average molecular weight is 224 g/mol. The first-order valence-corrected chi connectivity index (χ1v) is 7.30. The van der Waals surface area contributed by atoms with Gasteiger partial charge in [0.1, 0.15) is 0 Å². The van der Waals surface area contributed by atoms with Crippen molar-refractivity contribution < 1.29 is 0 Å². The Morgan fingerprint density at radius 1 is 1.19 bits per heavy atom. The summed E-state index contributed by atoms with van der Waals surface area (Å²) in [4.78, 5) is 2.77. The Bertz CT molecular complexity index is 183. The lowest BCUT2D eigenvalue weighted by atomic mass is 9.83. The number of hydrogen-bond donors (Lipinski definition) is 1. The summed E-state index contributed by atoms with van der Waals surface area (Å²) < 4.78 is 0. The molecule has 1 saturated carbocycles. The molecule has 0 bridgehead atoms. The molecule has 0 amide bonds. The summed E-state index contributed by atoms with van der Waals surface area (Å²) in [5, 5.41) is 3.62. The van der Waals surface area contributed by atoms with Crippen LogP contribution in [-0.4, -0.2) is 36.6 Å². The standard InChI is InChI=1S/C14H28N2/c1-3-12-6-5-7-14(10-12)16-9-8-15-13(4-2)11-16/h12-15H,3-11H2,1-2H3. The normalized spacial score (nSPS) is 37.5. The van der Waals surface area contributed by atoms with Crippen molar-refractivity contribution in [2.75, 3.05) is 19.6 Å². The molecule has 2 fully saturated rings. The topological polar surface area (TPSA) is 15.3 Å². The van der Waals surface area contributed by atoms with Gasteiger partial charge in [0.15, 0.2) is 0 Å². The van der Waals surface area contributed by atoms with Crippen LogP contribution in [0.2, 0.25) is 0 Å². The lowest BCUT2D eigenvalue weighted by Crippen LogP contribution is -2.54. The van der Waals surface area contributed by atoms with Gasteiger partial charge in [-0.3, -0.25) is 4.90 Å². The summed E-state index contributed by atoms with van der Waals surface area (Å²) in [5.74, 6) is 1.01. The third kappa shape index (κ3) is 2.98. The van der Waals surface area contributed by atoms with Gasteiger partial charge in [-0.15, -0.1) is 0 Å². The Balaban J connectivity index is 1.85. The molecule has 1 saturated heterocycles. The zero-order valence-corrected chi connectivity index (χ0v) is 11.0. The lowest BCUT2D eigenvalue weighted by molar-refractivity contribution is 0.0948. The van der Waals surface area contributed by atoms with Crippen LogP contribution in [0.3, 0.4) is 0 Å². The molecule has 94 valence electrons. The van der Waals surface area contributed by atoms with Gasteiger partial charge in [-0.05, 0) is 25.2 Å². The zero-order chi connectivity index (χ0) is 11.4. The first kappa shape index (κ1) is 12.4. The summed E-state index contributed by atoms with van der Waals surface area (Å²) in [5.41, 5.74) is 0. The van der Waals surface area contributed by atoms with E-state index in [4.69, 9.17) is 0 Å². The maximum atomic E-state index is 3.62. The highest BCUT2D eigenvalue weighted by molar-refractivity contribution is 4.85. The first-order chi connectivity index (χ1) is 7.83. The fraction of sp³-hybridized carbons (Fsp3) is 1.00. The molecule has 0 aromatic heterocycles. The minimum atomic E-state index is 0.746. The number of nitrogens with one attached hydrogen (secondary N) is 1. The van der Waals surface area contributed by atoms with Gasteiger partial charge in [0.2, 0.25) is 0 Å². The van der Waals surface area contributed by atoms with E-state index < -0.39 is 0 Å². The molecule has 0 radical (unpaired) electrons. The summed E-state index contributed by atoms with van der Waals surface area (Å²) in [6, 6.07) is 1.64. The third-order valence-corrected chi connectivity index (χ3v) is 4.63. The van der Waals surface area contributed by atoms with Gasteiger partial charge >= 0.3 is 0 Å². The summed E-state index contributed by atoms with van der Waals surface area (Å²) in [6.07, 6.45) is 8.53. The van der Waals surface area contributed by atoms with Crippen LogP contribution in [0.5, 0.6) is 0 Å². The highest BCUT2D eigenvalue weighted by Crippen LogP contribution is 2.30. The molecule has 3 atom stereocenters. The summed E-state index contributed by atoms with van der Waals surface area (Å²) in [6.45, 7) is 8.43. The molecule has 0 spiro atoms. The molecule has 1 heterocycles. The lowest BCUT2D eigenvalue weighted by Gasteiger charge is -2.42. The third-order valence-electron chi connectivity index (χ3n) is 4.63. The van der Waals surface area contributed by atoms with Crippen LogP contribution >= 0.6 is 0 Å². The molecule has 2 aliphatic rings. The van der Waals surface area contributed by atoms with E-state index in [1.165, 1.54) is 58.2 Å². The SMILES string of the molecule is CCC1CCCC(N2CCNC(CC)C2)C1. The highest BCUT2D eigenvalue weighted by Gasteiger charge is 2.28. The van der Waals surface area contributed by atoms with Crippen molar-refractivity contribution >= 4 is 0 Å². The van der Waals surface area contributed by atoms with Gasteiger partial charge in [0.25, 0.3) is 0 Å². The molecular formula is C14H28N2. The van der Waals surface area contributed by atoms with E-state index in [1.807, 2.05) is 0 Å². The largest absolute Gasteiger partial charge is 0.311 e. The van der Waals surface area contributed by atoms with E-state index >= 15 is 0 Å². The molecule has 16 heavy (non-hydrogen) atoms. The van der Waals surface area contributed by atoms with Crippen molar-refractivity contribution in [1.29, 1.82) is 0 Å². The van der Waals surface area contributed by atoms with E-state index in [2.05, 4.69) is 24.1 Å². The van der Waals surface area contributed by atoms with E-state index in [0.29, 0.717) is 0 Å². The summed E-state index contributed by atoms with van der Waals surface area (Å²) >= 11 is 0. The Morgan fingerprint density at radius 3 is 2.81 bits per heavy atom. The van der Waals surface area contributed by atoms with Gasteiger partial charge in [-0.2, -0.15) is 0 Å². The molecule has 2 nitrogen and oxygen atoms in total. The monoisotopic (exact) mass is 224 g/mol. The highest BCUT2D eigenvalue weighted by atomic mass is 15.2. The fourth-order valence-electron chi connectivity index (χ4n) is 3.42. The molecule has 0 aromatic carbocycles. The van der Waals surface area contributed by atoms with Crippen LogP contribution in [0.15, 0.2) is 0 Å². The Kier molecular flexibility index (Phi) is 4.66. The van der Waals surface area contributed by atoms with Gasteiger partial charge < -0.3 is 5.32 Å². The molecule has 3 unspecified atom stereocenters. The van der Waals surface area contributed by atoms with Crippen molar-refractivity contribution in [3.05, 3.63) is 0 Å². The number of hydrogen-bond acceptors (Lipinski definition) is 2. The number of nitrogens with zero attached hydrogens (tertiary/aromatic N) is 1. The van der Waals surface area contributed by atoms with Crippen LogP contribution in [0.1, 0.15) is 52.4 Å². The van der Waals surface area contributed by atoms with Crippen molar-refractivity contribution in [2.45, 2.75) is 64.5 Å². The van der Waals surface area contributed by atoms with E-state index in [1.54, 1.807) is 0 Å². The second kappa shape index (κ2) is 6.02. The van der Waals surface area contributed by atoms with Crippen LogP contribution in [0.25, 0.3) is 0 Å². The number of rotatable bonds is 3. The quantitative estimate of drug-likeness (QED) is 0.793. The molecular weight excluding hydrogens is 196 g/mol. The molecule has 2 heteroatoms. The van der Waals surface area contributed by atoms with Gasteiger partial charge in [0.05, 0.1) is 0 Å². The zero-order valence-electron chi connectivity index (χ0n) is 11.0. The van der Waals surface area contributed by atoms with Crippen molar-refractivity contribution in [1.82, 2.24) is 10.2 Å². The van der Waals surface area contributed by atoms with Gasteiger partial charge in [-0.25, -0.2) is 0 Å². The minimum absolute atomic E-state index is 0.746. The fourth-order valence-corrected chi connectivity index (χ4v) is 3.42.